The Balaban J connectivity index is 1.45. The van der Waals surface area contributed by atoms with Gasteiger partial charge in [0.15, 0.2) is 0 Å². The van der Waals surface area contributed by atoms with Gasteiger partial charge in [-0.15, -0.1) is 11.3 Å². The van der Waals surface area contributed by atoms with Crippen molar-refractivity contribution in [3.63, 3.8) is 0 Å². The molecule has 1 aliphatic heterocycles. The highest BCUT2D eigenvalue weighted by molar-refractivity contribution is 7.13. The van der Waals surface area contributed by atoms with Crippen molar-refractivity contribution in [3.8, 4) is 10.6 Å². The average molecular weight is 364 g/mol. The minimum Gasteiger partial charge on any atom is -0.329 e. The Labute approximate surface area is 152 Å². The molecule has 4 rings (SSSR count). The van der Waals surface area contributed by atoms with Crippen LogP contribution in [0.4, 0.5) is 0 Å². The lowest BCUT2D eigenvalue weighted by Gasteiger charge is -2.12. The second-order valence-electron chi connectivity index (χ2n) is 5.60. The maximum Gasteiger partial charge on any atom is 0.339 e. The topological polar surface area (TPSA) is 76.6 Å². The molecule has 6 nitrogen and oxygen atoms in total. The number of benzene rings is 2. The summed E-state index contributed by atoms with van der Waals surface area (Å²) in [6, 6.07) is 15.9. The third-order valence-corrected chi connectivity index (χ3v) is 4.79. The van der Waals surface area contributed by atoms with Crippen molar-refractivity contribution < 1.29 is 19.2 Å². The molecule has 1 aromatic heterocycles. The standard InChI is InChI=1S/C19H12N2O4S/c22-16(10-13-11-26-17(20-13)12-6-2-1-3-7-12)25-21-18(23)14-8-4-5-9-15(14)19(21)24/h1-9,11H,10H2. The van der Waals surface area contributed by atoms with Crippen LogP contribution in [-0.4, -0.2) is 27.8 Å². The van der Waals surface area contributed by atoms with E-state index in [1.165, 1.54) is 23.5 Å². The molecule has 7 heteroatoms. The Morgan fingerprint density at radius 1 is 0.962 bits per heavy atom. The van der Waals surface area contributed by atoms with E-state index in [9.17, 15) is 14.4 Å². The first-order valence-corrected chi connectivity index (χ1v) is 8.70. The zero-order valence-electron chi connectivity index (χ0n) is 13.4. The number of carbonyl (C=O) groups excluding carboxylic acids is 3. The first-order valence-electron chi connectivity index (χ1n) is 7.82. The minimum atomic E-state index is -0.718. The van der Waals surface area contributed by atoms with Crippen LogP contribution < -0.4 is 0 Å². The van der Waals surface area contributed by atoms with Gasteiger partial charge in [0.1, 0.15) is 5.01 Å². The molecule has 3 aromatic rings. The SMILES string of the molecule is O=C(Cc1csc(-c2ccccc2)n1)ON1C(=O)c2ccccc2C1=O. The lowest BCUT2D eigenvalue weighted by atomic mass is 10.1. The zero-order chi connectivity index (χ0) is 18.1. The predicted octanol–water partition coefficient (Wildman–Crippen LogP) is 3.11. The fourth-order valence-electron chi connectivity index (χ4n) is 2.63. The number of carbonyl (C=O) groups is 3. The van der Waals surface area contributed by atoms with Crippen molar-refractivity contribution >= 4 is 29.1 Å². The number of hydroxylamine groups is 2. The number of hydrogen-bond donors (Lipinski definition) is 0. The molecular weight excluding hydrogens is 352 g/mol. The molecule has 0 atom stereocenters. The fraction of sp³-hybridized carbons (Fsp3) is 0.0526. The zero-order valence-corrected chi connectivity index (χ0v) is 14.2. The van der Waals surface area contributed by atoms with Gasteiger partial charge in [-0.3, -0.25) is 9.59 Å². The van der Waals surface area contributed by atoms with Gasteiger partial charge in [-0.2, -0.15) is 0 Å². The van der Waals surface area contributed by atoms with E-state index in [0.717, 1.165) is 10.6 Å². The lowest BCUT2D eigenvalue weighted by Crippen LogP contribution is -2.33. The van der Waals surface area contributed by atoms with Gasteiger partial charge in [-0.1, -0.05) is 47.5 Å². The smallest absolute Gasteiger partial charge is 0.329 e. The first-order chi connectivity index (χ1) is 12.6. The molecule has 128 valence electrons. The monoisotopic (exact) mass is 364 g/mol. The summed E-state index contributed by atoms with van der Waals surface area (Å²) in [5.74, 6) is -1.99. The normalized spacial score (nSPS) is 13.0. The summed E-state index contributed by atoms with van der Waals surface area (Å²) in [4.78, 5) is 45.9. The summed E-state index contributed by atoms with van der Waals surface area (Å²) in [7, 11) is 0. The van der Waals surface area contributed by atoms with Crippen LogP contribution >= 0.6 is 11.3 Å². The second-order valence-corrected chi connectivity index (χ2v) is 6.46. The van der Waals surface area contributed by atoms with Crippen LogP contribution in [-0.2, 0) is 16.1 Å². The Morgan fingerprint density at radius 2 is 1.58 bits per heavy atom. The van der Waals surface area contributed by atoms with E-state index in [4.69, 9.17) is 4.84 Å². The van der Waals surface area contributed by atoms with E-state index in [-0.39, 0.29) is 17.5 Å². The maximum absolute atomic E-state index is 12.2. The molecule has 0 spiro atoms. The van der Waals surface area contributed by atoms with Crippen molar-refractivity contribution in [1.29, 1.82) is 0 Å². The lowest BCUT2D eigenvalue weighted by molar-refractivity contribution is -0.167. The van der Waals surface area contributed by atoms with Gasteiger partial charge in [0, 0.05) is 10.9 Å². The van der Waals surface area contributed by atoms with Crippen LogP contribution in [0.2, 0.25) is 0 Å². The van der Waals surface area contributed by atoms with E-state index < -0.39 is 17.8 Å². The van der Waals surface area contributed by atoms with Gasteiger partial charge in [0.05, 0.1) is 23.2 Å². The van der Waals surface area contributed by atoms with Gasteiger partial charge >= 0.3 is 5.97 Å². The maximum atomic E-state index is 12.2. The van der Waals surface area contributed by atoms with E-state index in [1.807, 2.05) is 30.3 Å². The minimum absolute atomic E-state index is 0.128. The molecule has 0 saturated heterocycles. The van der Waals surface area contributed by atoms with Gasteiger partial charge in [0.25, 0.3) is 11.8 Å². The molecule has 0 bridgehead atoms. The van der Waals surface area contributed by atoms with Gasteiger partial charge < -0.3 is 4.84 Å². The Bertz CT molecular complexity index is 978. The van der Waals surface area contributed by atoms with Crippen molar-refractivity contribution in [2.24, 2.45) is 0 Å². The number of thiazole rings is 1. The van der Waals surface area contributed by atoms with Crippen LogP contribution in [0.15, 0.2) is 60.0 Å². The molecule has 1 aliphatic rings. The summed E-state index contributed by atoms with van der Waals surface area (Å²) in [5.41, 5.74) is 1.93. The Kier molecular flexibility index (Phi) is 4.06. The number of amides is 2. The molecule has 0 N–H and O–H groups in total. The molecule has 2 amide bonds. The van der Waals surface area contributed by atoms with Crippen LogP contribution in [0.3, 0.4) is 0 Å². The third kappa shape index (κ3) is 2.89. The summed E-state index contributed by atoms with van der Waals surface area (Å²) < 4.78 is 0. The molecule has 26 heavy (non-hydrogen) atoms. The van der Waals surface area contributed by atoms with Crippen LogP contribution in [0.25, 0.3) is 10.6 Å². The van der Waals surface area contributed by atoms with Crippen LogP contribution in [0.5, 0.6) is 0 Å². The molecular formula is C19H12N2O4S. The van der Waals surface area contributed by atoms with E-state index in [2.05, 4.69) is 4.98 Å². The number of hydrogen-bond acceptors (Lipinski definition) is 6. The van der Waals surface area contributed by atoms with Gasteiger partial charge in [-0.05, 0) is 12.1 Å². The Morgan fingerprint density at radius 3 is 2.23 bits per heavy atom. The highest BCUT2D eigenvalue weighted by atomic mass is 32.1. The van der Waals surface area contributed by atoms with Gasteiger partial charge in [0.2, 0.25) is 0 Å². The van der Waals surface area contributed by atoms with Crippen molar-refractivity contribution in [2.75, 3.05) is 0 Å². The molecule has 0 aliphatic carbocycles. The second kappa shape index (κ2) is 6.53. The number of imide groups is 1. The summed E-state index contributed by atoms with van der Waals surface area (Å²) in [6.07, 6.45) is -0.128. The summed E-state index contributed by atoms with van der Waals surface area (Å²) >= 11 is 1.41. The third-order valence-electron chi connectivity index (χ3n) is 3.85. The van der Waals surface area contributed by atoms with Crippen molar-refractivity contribution in [3.05, 3.63) is 76.8 Å². The van der Waals surface area contributed by atoms with Crippen molar-refractivity contribution in [2.45, 2.75) is 6.42 Å². The van der Waals surface area contributed by atoms with Crippen LogP contribution in [0, 0.1) is 0 Å². The summed E-state index contributed by atoms with van der Waals surface area (Å²) in [6.45, 7) is 0. The highest BCUT2D eigenvalue weighted by Crippen LogP contribution is 2.25. The molecule has 2 heterocycles. The van der Waals surface area contributed by atoms with Crippen LogP contribution in [0.1, 0.15) is 26.4 Å². The predicted molar refractivity (Wildman–Crippen MR) is 94.3 cm³/mol. The van der Waals surface area contributed by atoms with E-state index >= 15 is 0 Å². The summed E-state index contributed by atoms with van der Waals surface area (Å²) in [5, 5.41) is 3.05. The fourth-order valence-corrected chi connectivity index (χ4v) is 3.46. The Hall–Kier alpha value is -3.32. The first kappa shape index (κ1) is 16.2. The molecule has 0 unspecified atom stereocenters. The molecule has 0 saturated carbocycles. The molecule has 2 aromatic carbocycles. The van der Waals surface area contributed by atoms with E-state index in [0.29, 0.717) is 10.8 Å². The quantitative estimate of drug-likeness (QED) is 0.665. The largest absolute Gasteiger partial charge is 0.339 e. The highest BCUT2D eigenvalue weighted by Gasteiger charge is 2.38. The average Bonchev–Trinajstić information content (AvgIpc) is 3.22. The van der Waals surface area contributed by atoms with Gasteiger partial charge in [-0.25, -0.2) is 9.78 Å². The molecule has 0 fully saturated rings. The number of nitrogens with zero attached hydrogens (tertiary/aromatic N) is 2. The number of aromatic nitrogens is 1. The van der Waals surface area contributed by atoms with E-state index in [1.54, 1.807) is 17.5 Å². The number of rotatable bonds is 4. The number of fused-ring (bicyclic) bond motifs is 1. The molecule has 0 radical (unpaired) electrons. The van der Waals surface area contributed by atoms with Crippen molar-refractivity contribution in [1.82, 2.24) is 10.0 Å².